The van der Waals surface area contributed by atoms with Gasteiger partial charge in [0.2, 0.25) is 0 Å². The van der Waals surface area contributed by atoms with Crippen molar-refractivity contribution in [3.8, 4) is 17.1 Å². The van der Waals surface area contributed by atoms with Crippen LogP contribution in [0.2, 0.25) is 10.0 Å². The number of hydrogen-bond acceptors (Lipinski definition) is 16. The van der Waals surface area contributed by atoms with Gasteiger partial charge in [-0.2, -0.15) is 0 Å². The zero-order chi connectivity index (χ0) is 47.3. The zero-order valence-electron chi connectivity index (χ0n) is 36.7. The molecule has 11 rings (SSSR count). The Morgan fingerprint density at radius 2 is 1.20 bits per heavy atom. The van der Waals surface area contributed by atoms with Gasteiger partial charge in [0.05, 0.1) is 82.3 Å². The quantitative estimate of drug-likeness (QED) is 0.0744. The lowest BCUT2D eigenvalue weighted by molar-refractivity contribution is 0.0398. The van der Waals surface area contributed by atoms with Crippen molar-refractivity contribution in [2.75, 3.05) is 51.8 Å². The van der Waals surface area contributed by atoms with Crippen molar-refractivity contribution in [2.45, 2.75) is 21.6 Å². The molecule has 1 aliphatic rings. The second kappa shape index (κ2) is 20.7. The minimum atomic E-state index is -0.250. The third kappa shape index (κ3) is 9.59. The molecule has 0 radical (unpaired) electrons. The van der Waals surface area contributed by atoms with Gasteiger partial charge in [-0.25, -0.2) is 39.9 Å². The Bertz CT molecular complexity index is 3600. The van der Waals surface area contributed by atoms with E-state index in [-0.39, 0.29) is 11.1 Å². The van der Waals surface area contributed by atoms with Crippen LogP contribution in [0.4, 0.5) is 5.69 Å². The van der Waals surface area contributed by atoms with Crippen molar-refractivity contribution in [3.05, 3.63) is 153 Å². The zero-order valence-corrected chi connectivity index (χ0v) is 39.8. The van der Waals surface area contributed by atoms with E-state index in [1.165, 1.54) is 47.9 Å². The van der Waals surface area contributed by atoms with E-state index in [2.05, 4.69) is 50.1 Å². The summed E-state index contributed by atoms with van der Waals surface area (Å²) in [6.45, 7) is 4.90. The van der Waals surface area contributed by atoms with Gasteiger partial charge in [0.1, 0.15) is 56.5 Å². The Labute approximate surface area is 410 Å². The molecule has 0 atom stereocenters. The molecule has 18 nitrogen and oxygen atoms in total. The smallest absolute Gasteiger partial charge is 0.269 e. The number of hydrogen-bond donors (Lipinski definition) is 3. The molecule has 0 aliphatic carbocycles. The highest BCUT2D eigenvalue weighted by Crippen LogP contribution is 2.31. The highest BCUT2D eigenvalue weighted by Gasteiger charge is 2.21. The van der Waals surface area contributed by atoms with E-state index in [9.17, 15) is 9.59 Å². The second-order valence-corrected chi connectivity index (χ2v) is 18.1. The third-order valence-corrected chi connectivity index (χ3v) is 13.8. The van der Waals surface area contributed by atoms with Gasteiger partial charge in [0.25, 0.3) is 11.1 Å². The van der Waals surface area contributed by atoms with Crippen LogP contribution < -0.4 is 21.2 Å². The SMILES string of the molecule is COc1cccc2nc(CSc3ncnc4nc[nH]c34)n(-c3ccccc3Cl)c(=O)c12.O=c1c2c(NCCN3CCOCC3)cccc2nc(CSc2ncnc3nc[nH]c23)n1-c1ccccc1Cl. The number of fused-ring (bicyclic) bond motifs is 4. The van der Waals surface area contributed by atoms with Crippen LogP contribution >= 0.6 is 46.7 Å². The Kier molecular flexibility index (Phi) is 13.8. The topological polar surface area (TPSA) is 212 Å². The average molecular weight is 1000 g/mol. The number of morpholine rings is 1. The molecule has 6 aromatic heterocycles. The van der Waals surface area contributed by atoms with E-state index in [1.54, 1.807) is 47.6 Å². The Hall–Kier alpha value is -6.94. The number of aromatic nitrogens is 12. The Morgan fingerprint density at radius 3 is 1.77 bits per heavy atom. The summed E-state index contributed by atoms with van der Waals surface area (Å²) in [5.41, 5.74) is 5.30. The van der Waals surface area contributed by atoms with Crippen LogP contribution in [-0.2, 0) is 16.2 Å². The summed E-state index contributed by atoms with van der Waals surface area (Å²) in [4.78, 5) is 71.4. The molecule has 7 heterocycles. The maximum atomic E-state index is 14.1. The van der Waals surface area contributed by atoms with Crippen LogP contribution in [0.15, 0.2) is 130 Å². The fraction of sp³-hybridized carbons (Fsp3) is 0.191. The normalized spacial score (nSPS) is 13.0. The van der Waals surface area contributed by atoms with Crippen LogP contribution in [0, 0.1) is 0 Å². The summed E-state index contributed by atoms with van der Waals surface area (Å²) < 4.78 is 14.0. The highest BCUT2D eigenvalue weighted by molar-refractivity contribution is 7.98. The summed E-state index contributed by atoms with van der Waals surface area (Å²) in [5.74, 6) is 2.33. The molecule has 0 spiro atoms. The van der Waals surface area contributed by atoms with E-state index in [4.69, 9.17) is 42.6 Å². The average Bonchev–Trinajstić information content (AvgIpc) is 4.08. The van der Waals surface area contributed by atoms with Crippen LogP contribution in [0.3, 0.4) is 0 Å². The van der Waals surface area contributed by atoms with Gasteiger partial charge in [0.15, 0.2) is 11.3 Å². The van der Waals surface area contributed by atoms with Crippen molar-refractivity contribution in [2.24, 2.45) is 0 Å². The first kappa shape index (κ1) is 45.8. The van der Waals surface area contributed by atoms with Gasteiger partial charge in [-0.15, -0.1) is 0 Å². The molecule has 348 valence electrons. The number of rotatable bonds is 13. The molecule has 1 aliphatic heterocycles. The van der Waals surface area contributed by atoms with E-state index in [0.717, 1.165) is 54.6 Å². The molecule has 0 bridgehead atoms. The lowest BCUT2D eigenvalue weighted by Crippen LogP contribution is -2.39. The number of para-hydroxylation sites is 2. The van der Waals surface area contributed by atoms with Gasteiger partial charge < -0.3 is 24.8 Å². The lowest BCUT2D eigenvalue weighted by Gasteiger charge is -2.26. The maximum Gasteiger partial charge on any atom is 0.269 e. The van der Waals surface area contributed by atoms with Crippen LogP contribution in [0.5, 0.6) is 5.75 Å². The fourth-order valence-corrected chi connectivity index (χ4v) is 10.1. The molecule has 1 saturated heterocycles. The molecule has 3 N–H and O–H groups in total. The van der Waals surface area contributed by atoms with E-state index < -0.39 is 0 Å². The number of halogens is 2. The fourth-order valence-electron chi connectivity index (χ4n) is 7.94. The largest absolute Gasteiger partial charge is 0.496 e. The number of H-pyrrole nitrogens is 2. The van der Waals surface area contributed by atoms with Crippen molar-refractivity contribution >= 4 is 96.5 Å². The number of benzene rings is 4. The summed E-state index contributed by atoms with van der Waals surface area (Å²) in [6.07, 6.45) is 6.11. The number of methoxy groups -OCH3 is 1. The van der Waals surface area contributed by atoms with Gasteiger partial charge in [-0.3, -0.25) is 23.6 Å². The van der Waals surface area contributed by atoms with Crippen molar-refractivity contribution < 1.29 is 9.47 Å². The van der Waals surface area contributed by atoms with Gasteiger partial charge in [-0.1, -0.05) is 83.1 Å². The number of imidazole rings is 2. The number of ether oxygens (including phenoxy) is 2. The molecule has 10 aromatic rings. The molecule has 4 aromatic carbocycles. The summed E-state index contributed by atoms with van der Waals surface area (Å²) >= 11 is 15.9. The maximum absolute atomic E-state index is 14.1. The number of thioether (sulfide) groups is 2. The summed E-state index contributed by atoms with van der Waals surface area (Å²) in [7, 11) is 1.53. The standard InChI is InChI=1S/C26H25ClN8O2S.C21H15ClN6O2S/c27-17-4-1-2-7-20(17)35-21(14-38-25-23-24(30-15-29-23)31-16-32-25)33-19-6-3-5-18(22(19)26(35)36)28-8-9-34-10-12-37-13-11-34;1-30-15-8-4-6-13-17(15)21(29)28(14-7-3-2-5-12(14)22)16(27-13)9-31-20-18-19(24-10-23-18)25-11-26-20/h1-7,15-16,28H,8-14H2,(H,29,30,31,32);2-8,10-11H,9H2,1H3,(H,23,24,25,26). The first-order chi connectivity index (χ1) is 33.9. The van der Waals surface area contributed by atoms with Gasteiger partial charge in [-0.05, 0) is 48.5 Å². The minimum absolute atomic E-state index is 0.178. The Morgan fingerprint density at radius 1 is 0.667 bits per heavy atom. The Balaban J connectivity index is 0.000000164. The summed E-state index contributed by atoms with van der Waals surface area (Å²) in [6, 6.07) is 25.5. The summed E-state index contributed by atoms with van der Waals surface area (Å²) in [5, 5.41) is 6.75. The third-order valence-electron chi connectivity index (χ3n) is 11.2. The predicted molar refractivity (Wildman–Crippen MR) is 269 cm³/mol. The second-order valence-electron chi connectivity index (χ2n) is 15.3. The predicted octanol–water partition coefficient (Wildman–Crippen LogP) is 7.75. The first-order valence-corrected chi connectivity index (χ1v) is 24.3. The minimum Gasteiger partial charge on any atom is -0.496 e. The molecule has 22 heteroatoms. The molecule has 0 amide bonds. The number of nitrogens with one attached hydrogen (secondary N) is 3. The van der Waals surface area contributed by atoms with Gasteiger partial charge in [0, 0.05) is 31.9 Å². The highest BCUT2D eigenvalue weighted by atomic mass is 35.5. The van der Waals surface area contributed by atoms with E-state index in [0.29, 0.717) is 95.0 Å². The van der Waals surface area contributed by atoms with Crippen LogP contribution in [0.25, 0.3) is 55.5 Å². The first-order valence-electron chi connectivity index (χ1n) is 21.6. The van der Waals surface area contributed by atoms with Crippen molar-refractivity contribution in [1.82, 2.24) is 63.9 Å². The van der Waals surface area contributed by atoms with Crippen LogP contribution in [-0.4, -0.2) is 110 Å². The van der Waals surface area contributed by atoms with Crippen molar-refractivity contribution in [1.29, 1.82) is 0 Å². The number of anilines is 1. The lowest BCUT2D eigenvalue weighted by atomic mass is 10.2. The number of aromatic amines is 2. The monoisotopic (exact) mass is 998 g/mol. The molecular weight excluding hydrogens is 960 g/mol. The molecule has 69 heavy (non-hydrogen) atoms. The number of nitrogens with zero attached hydrogens (tertiary/aromatic N) is 11. The van der Waals surface area contributed by atoms with Crippen LogP contribution in [0.1, 0.15) is 11.6 Å². The van der Waals surface area contributed by atoms with E-state index >= 15 is 0 Å². The molecule has 0 saturated carbocycles. The van der Waals surface area contributed by atoms with Crippen molar-refractivity contribution in [3.63, 3.8) is 0 Å². The molecular formula is C47H40Cl2N14O4S2. The molecule has 0 unspecified atom stereocenters. The van der Waals surface area contributed by atoms with Gasteiger partial charge >= 0.3 is 0 Å². The van der Waals surface area contributed by atoms with E-state index in [1.807, 2.05) is 54.6 Å². The molecule has 1 fully saturated rings.